The smallest absolute Gasteiger partial charge is 0.338 e. The number of rotatable bonds is 3. The maximum atomic E-state index is 12.4. The summed E-state index contributed by atoms with van der Waals surface area (Å²) < 4.78 is 6.62. The van der Waals surface area contributed by atoms with Gasteiger partial charge in [-0.3, -0.25) is 4.79 Å². The van der Waals surface area contributed by atoms with Gasteiger partial charge in [-0.15, -0.1) is 11.3 Å². The van der Waals surface area contributed by atoms with Gasteiger partial charge in [-0.1, -0.05) is 12.1 Å². The van der Waals surface area contributed by atoms with Crippen molar-refractivity contribution < 1.29 is 14.6 Å². The van der Waals surface area contributed by atoms with E-state index >= 15 is 0 Å². The summed E-state index contributed by atoms with van der Waals surface area (Å²) in [4.78, 5) is 24.4. The van der Waals surface area contributed by atoms with Gasteiger partial charge in [-0.2, -0.15) is 0 Å². The van der Waals surface area contributed by atoms with E-state index in [1.54, 1.807) is 31.2 Å². The van der Waals surface area contributed by atoms with Gasteiger partial charge in [0.05, 0.1) is 11.7 Å². The van der Waals surface area contributed by atoms with Gasteiger partial charge in [0.15, 0.2) is 5.43 Å². The summed E-state index contributed by atoms with van der Waals surface area (Å²) in [5.74, 6) is -0.504. The van der Waals surface area contributed by atoms with E-state index in [4.69, 9.17) is 9.84 Å². The number of carbonyl (C=O) groups is 1. The molecule has 0 aliphatic heterocycles. The minimum atomic E-state index is -0.704. The summed E-state index contributed by atoms with van der Waals surface area (Å²) in [7, 11) is 0. The first-order valence-corrected chi connectivity index (χ1v) is 7.68. The number of benzene rings is 2. The van der Waals surface area contributed by atoms with Crippen LogP contribution in [0.3, 0.4) is 0 Å². The molecule has 0 bridgehead atoms. The highest BCUT2D eigenvalue weighted by Crippen LogP contribution is 2.25. The minimum Gasteiger partial charge on any atom is -0.459 e. The van der Waals surface area contributed by atoms with E-state index < -0.39 is 12.1 Å². The quantitative estimate of drug-likeness (QED) is 0.596. The minimum absolute atomic E-state index is 0.0340. The van der Waals surface area contributed by atoms with Crippen molar-refractivity contribution in [2.75, 3.05) is 6.61 Å². The number of fused-ring (bicyclic) bond motifs is 2. The third-order valence-electron chi connectivity index (χ3n) is 3.27. The fourth-order valence-corrected chi connectivity index (χ4v) is 3.32. The first-order chi connectivity index (χ1) is 10.6. The second-order valence-electron chi connectivity index (χ2n) is 5.09. The Bertz CT molecular complexity index is 911. The summed E-state index contributed by atoms with van der Waals surface area (Å²) in [6.45, 7) is 1.50. The molecule has 1 unspecified atom stereocenters. The summed E-state index contributed by atoms with van der Waals surface area (Å²) in [6, 6.07) is 12.3. The van der Waals surface area contributed by atoms with Crippen LogP contribution in [-0.4, -0.2) is 23.8 Å². The average Bonchev–Trinajstić information content (AvgIpc) is 2.52. The lowest BCUT2D eigenvalue weighted by Crippen LogP contribution is -2.15. The first-order valence-electron chi connectivity index (χ1n) is 6.87. The molecule has 0 amide bonds. The summed E-state index contributed by atoms with van der Waals surface area (Å²) in [6.07, 6.45) is -0.704. The zero-order valence-corrected chi connectivity index (χ0v) is 12.7. The maximum absolute atomic E-state index is 12.4. The molecule has 0 saturated heterocycles. The highest BCUT2D eigenvalue weighted by molar-refractivity contribution is 7.24. The lowest BCUT2D eigenvalue weighted by atomic mass is 10.1. The van der Waals surface area contributed by atoms with Crippen molar-refractivity contribution in [1.29, 1.82) is 0 Å². The van der Waals surface area contributed by atoms with Gasteiger partial charge in [-0.05, 0) is 37.3 Å². The molecule has 3 rings (SSSR count). The van der Waals surface area contributed by atoms with Gasteiger partial charge in [0.1, 0.15) is 6.61 Å². The van der Waals surface area contributed by atoms with Crippen molar-refractivity contribution >= 4 is 37.5 Å². The van der Waals surface area contributed by atoms with Crippen molar-refractivity contribution in [1.82, 2.24) is 0 Å². The summed E-state index contributed by atoms with van der Waals surface area (Å²) in [5, 5.41) is 10.4. The molecule has 1 aromatic heterocycles. The van der Waals surface area contributed by atoms with E-state index in [0.29, 0.717) is 16.3 Å². The van der Waals surface area contributed by atoms with E-state index in [1.807, 2.05) is 18.2 Å². The molecule has 3 aromatic rings. The molecule has 1 N–H and O–H groups in total. The fourth-order valence-electron chi connectivity index (χ4n) is 2.21. The van der Waals surface area contributed by atoms with Crippen molar-refractivity contribution in [2.24, 2.45) is 0 Å². The van der Waals surface area contributed by atoms with Crippen molar-refractivity contribution in [3.8, 4) is 0 Å². The van der Waals surface area contributed by atoms with Crippen LogP contribution in [0.2, 0.25) is 0 Å². The molecule has 1 heterocycles. The van der Waals surface area contributed by atoms with E-state index in [2.05, 4.69) is 0 Å². The van der Waals surface area contributed by atoms with Gasteiger partial charge >= 0.3 is 5.97 Å². The Morgan fingerprint density at radius 3 is 2.68 bits per heavy atom. The van der Waals surface area contributed by atoms with Crippen LogP contribution in [0, 0.1) is 0 Å². The van der Waals surface area contributed by atoms with Crippen LogP contribution in [0.5, 0.6) is 0 Å². The van der Waals surface area contributed by atoms with Crippen LogP contribution in [0.4, 0.5) is 0 Å². The standard InChI is InChI=1S/C17H14O4S/c1-10(18)9-21-17(20)11-6-7-13-15(8-11)22-14-5-3-2-4-12(14)16(13)19/h2-8,10,18H,9H2,1H3. The fraction of sp³-hybridized carbons (Fsp3) is 0.176. The third-order valence-corrected chi connectivity index (χ3v) is 4.40. The number of carbonyl (C=O) groups excluding carboxylic acids is 1. The average molecular weight is 314 g/mol. The van der Waals surface area contributed by atoms with Gasteiger partial charge in [-0.25, -0.2) is 4.79 Å². The molecule has 4 nitrogen and oxygen atoms in total. The lowest BCUT2D eigenvalue weighted by Gasteiger charge is -2.07. The Kier molecular flexibility index (Phi) is 3.92. The predicted molar refractivity (Wildman–Crippen MR) is 87.6 cm³/mol. The van der Waals surface area contributed by atoms with Crippen molar-refractivity contribution in [3.63, 3.8) is 0 Å². The Balaban J connectivity index is 2.08. The Hall–Kier alpha value is -2.24. The van der Waals surface area contributed by atoms with Gasteiger partial charge in [0.25, 0.3) is 0 Å². The van der Waals surface area contributed by atoms with Crippen LogP contribution in [0.15, 0.2) is 47.3 Å². The molecule has 0 fully saturated rings. The molecular weight excluding hydrogens is 300 g/mol. The predicted octanol–water partition coefficient (Wildman–Crippen LogP) is 2.95. The van der Waals surface area contributed by atoms with Gasteiger partial charge in [0.2, 0.25) is 0 Å². The molecule has 0 saturated carbocycles. The van der Waals surface area contributed by atoms with E-state index in [0.717, 1.165) is 9.40 Å². The molecule has 112 valence electrons. The van der Waals surface area contributed by atoms with Crippen LogP contribution in [0.1, 0.15) is 17.3 Å². The summed E-state index contributed by atoms with van der Waals surface area (Å²) in [5.41, 5.74) is 0.340. The molecule has 0 spiro atoms. The number of hydrogen-bond donors (Lipinski definition) is 1. The zero-order chi connectivity index (χ0) is 15.7. The monoisotopic (exact) mass is 314 g/mol. The Morgan fingerprint density at radius 1 is 1.18 bits per heavy atom. The number of aliphatic hydroxyl groups excluding tert-OH is 1. The molecule has 0 aliphatic carbocycles. The molecule has 0 radical (unpaired) electrons. The van der Waals surface area contributed by atoms with E-state index in [-0.39, 0.29) is 12.0 Å². The van der Waals surface area contributed by atoms with E-state index in [9.17, 15) is 9.59 Å². The van der Waals surface area contributed by atoms with Crippen molar-refractivity contribution in [2.45, 2.75) is 13.0 Å². The second-order valence-corrected chi connectivity index (χ2v) is 6.17. The lowest BCUT2D eigenvalue weighted by molar-refractivity contribution is 0.0296. The third kappa shape index (κ3) is 2.73. The molecule has 1 atom stereocenters. The molecule has 2 aromatic carbocycles. The van der Waals surface area contributed by atoms with Gasteiger partial charge in [0, 0.05) is 20.2 Å². The normalized spacial score (nSPS) is 12.5. The highest BCUT2D eigenvalue weighted by atomic mass is 32.1. The summed E-state index contributed by atoms with van der Waals surface area (Å²) >= 11 is 1.46. The number of hydrogen-bond acceptors (Lipinski definition) is 5. The maximum Gasteiger partial charge on any atom is 0.338 e. The Morgan fingerprint density at radius 2 is 1.91 bits per heavy atom. The van der Waals surface area contributed by atoms with Crippen LogP contribution < -0.4 is 5.43 Å². The van der Waals surface area contributed by atoms with Crippen LogP contribution >= 0.6 is 11.3 Å². The SMILES string of the molecule is CC(O)COC(=O)c1ccc2c(=O)c3ccccc3sc2c1. The largest absolute Gasteiger partial charge is 0.459 e. The Labute approximate surface area is 130 Å². The highest BCUT2D eigenvalue weighted by Gasteiger charge is 2.12. The first kappa shape index (κ1) is 14.7. The topological polar surface area (TPSA) is 63.6 Å². The number of esters is 1. The molecule has 0 aliphatic rings. The van der Waals surface area contributed by atoms with E-state index in [1.165, 1.54) is 11.3 Å². The second kappa shape index (κ2) is 5.87. The van der Waals surface area contributed by atoms with Crippen LogP contribution in [0.25, 0.3) is 20.2 Å². The van der Waals surface area contributed by atoms with Crippen molar-refractivity contribution in [3.05, 3.63) is 58.3 Å². The van der Waals surface area contributed by atoms with Crippen LogP contribution in [-0.2, 0) is 4.74 Å². The zero-order valence-electron chi connectivity index (χ0n) is 11.9. The molecule has 22 heavy (non-hydrogen) atoms. The number of ether oxygens (including phenoxy) is 1. The van der Waals surface area contributed by atoms with Gasteiger partial charge < -0.3 is 9.84 Å². The molecule has 5 heteroatoms. The molecular formula is C17H14O4S. The number of aliphatic hydroxyl groups is 1.